The van der Waals surface area contributed by atoms with E-state index in [0.29, 0.717) is 18.7 Å². The van der Waals surface area contributed by atoms with E-state index in [2.05, 4.69) is 10.4 Å². The third-order valence-corrected chi connectivity index (χ3v) is 2.64. The number of hydrogen-bond acceptors (Lipinski definition) is 3. The van der Waals surface area contributed by atoms with Gasteiger partial charge in [0.15, 0.2) is 0 Å². The van der Waals surface area contributed by atoms with Gasteiger partial charge >= 0.3 is 5.97 Å². The Hall–Kier alpha value is -2.14. The SMILES string of the molecule is Cn1ccc(CNCc2ccccc2C(=O)O)n1. The highest BCUT2D eigenvalue weighted by Crippen LogP contribution is 2.08. The molecule has 0 bridgehead atoms. The highest BCUT2D eigenvalue weighted by atomic mass is 16.4. The van der Waals surface area contributed by atoms with Crippen LogP contribution in [-0.2, 0) is 20.1 Å². The number of carboxylic acid groups (broad SMARTS) is 1. The van der Waals surface area contributed by atoms with Crippen molar-refractivity contribution in [2.75, 3.05) is 0 Å². The number of carbonyl (C=O) groups is 1. The van der Waals surface area contributed by atoms with E-state index in [9.17, 15) is 4.79 Å². The van der Waals surface area contributed by atoms with Crippen molar-refractivity contribution in [2.24, 2.45) is 7.05 Å². The first kappa shape index (κ1) is 12.3. The third kappa shape index (κ3) is 2.95. The molecule has 0 unspecified atom stereocenters. The minimum absolute atomic E-state index is 0.339. The van der Waals surface area contributed by atoms with Crippen LogP contribution in [0.5, 0.6) is 0 Å². The van der Waals surface area contributed by atoms with E-state index in [1.165, 1.54) is 0 Å². The fraction of sp³-hybridized carbons (Fsp3) is 0.231. The predicted molar refractivity (Wildman–Crippen MR) is 67.2 cm³/mol. The Labute approximate surface area is 105 Å². The summed E-state index contributed by atoms with van der Waals surface area (Å²) in [5.74, 6) is -0.898. The minimum atomic E-state index is -0.898. The molecule has 0 radical (unpaired) electrons. The summed E-state index contributed by atoms with van der Waals surface area (Å²) in [4.78, 5) is 11.0. The fourth-order valence-electron chi connectivity index (χ4n) is 1.77. The van der Waals surface area contributed by atoms with Crippen molar-refractivity contribution in [1.29, 1.82) is 0 Å². The summed E-state index contributed by atoms with van der Waals surface area (Å²) in [5, 5.41) is 16.5. The van der Waals surface area contributed by atoms with Gasteiger partial charge in [-0.05, 0) is 17.7 Å². The molecule has 94 valence electrons. The van der Waals surface area contributed by atoms with Gasteiger partial charge in [0, 0.05) is 26.3 Å². The molecule has 0 aliphatic heterocycles. The van der Waals surface area contributed by atoms with Crippen LogP contribution < -0.4 is 5.32 Å². The van der Waals surface area contributed by atoms with E-state index in [0.717, 1.165) is 11.3 Å². The van der Waals surface area contributed by atoms with Gasteiger partial charge in [0.2, 0.25) is 0 Å². The Balaban J connectivity index is 1.96. The van der Waals surface area contributed by atoms with Gasteiger partial charge in [-0.3, -0.25) is 4.68 Å². The number of aryl methyl sites for hydroxylation is 1. The Morgan fingerprint density at radius 1 is 1.33 bits per heavy atom. The number of aromatic nitrogens is 2. The lowest BCUT2D eigenvalue weighted by Gasteiger charge is -2.06. The normalized spacial score (nSPS) is 10.5. The van der Waals surface area contributed by atoms with Crippen molar-refractivity contribution in [3.8, 4) is 0 Å². The summed E-state index contributed by atoms with van der Waals surface area (Å²) in [6.45, 7) is 1.13. The van der Waals surface area contributed by atoms with Gasteiger partial charge in [-0.15, -0.1) is 0 Å². The van der Waals surface area contributed by atoms with E-state index < -0.39 is 5.97 Å². The number of carboxylic acids is 1. The third-order valence-electron chi connectivity index (χ3n) is 2.64. The molecular formula is C13H15N3O2. The molecule has 0 spiro atoms. The summed E-state index contributed by atoms with van der Waals surface area (Å²) in [6, 6.07) is 8.92. The van der Waals surface area contributed by atoms with Gasteiger partial charge in [-0.25, -0.2) is 4.79 Å². The van der Waals surface area contributed by atoms with Crippen LogP contribution in [0.2, 0.25) is 0 Å². The fourth-order valence-corrected chi connectivity index (χ4v) is 1.77. The smallest absolute Gasteiger partial charge is 0.336 e. The van der Waals surface area contributed by atoms with Crippen molar-refractivity contribution < 1.29 is 9.90 Å². The van der Waals surface area contributed by atoms with Gasteiger partial charge in [0.25, 0.3) is 0 Å². The zero-order chi connectivity index (χ0) is 13.0. The standard InChI is InChI=1S/C13H15N3O2/c1-16-7-6-11(15-16)9-14-8-10-4-2-3-5-12(10)13(17)18/h2-7,14H,8-9H2,1H3,(H,17,18). The molecule has 1 aromatic carbocycles. The van der Waals surface area contributed by atoms with E-state index in [-0.39, 0.29) is 0 Å². The Bertz CT molecular complexity index is 549. The summed E-state index contributed by atoms with van der Waals surface area (Å²) >= 11 is 0. The molecule has 0 fully saturated rings. The predicted octanol–water partition coefficient (Wildman–Crippen LogP) is 1.41. The molecule has 0 aliphatic rings. The Kier molecular flexibility index (Phi) is 3.74. The number of rotatable bonds is 5. The first-order chi connectivity index (χ1) is 8.66. The quantitative estimate of drug-likeness (QED) is 0.835. The van der Waals surface area contributed by atoms with Gasteiger partial charge in [-0.2, -0.15) is 5.10 Å². The second kappa shape index (κ2) is 5.46. The lowest BCUT2D eigenvalue weighted by atomic mass is 10.1. The van der Waals surface area contributed by atoms with Crippen molar-refractivity contribution in [1.82, 2.24) is 15.1 Å². The van der Waals surface area contributed by atoms with Crippen molar-refractivity contribution in [3.63, 3.8) is 0 Å². The van der Waals surface area contributed by atoms with Crippen LogP contribution in [-0.4, -0.2) is 20.9 Å². The van der Waals surface area contributed by atoms with Crippen LogP contribution in [0.25, 0.3) is 0 Å². The van der Waals surface area contributed by atoms with E-state index in [4.69, 9.17) is 5.11 Å². The monoisotopic (exact) mass is 245 g/mol. The topological polar surface area (TPSA) is 67.2 Å². The van der Waals surface area contributed by atoms with Crippen molar-refractivity contribution in [2.45, 2.75) is 13.1 Å². The molecule has 0 saturated carbocycles. The molecule has 2 N–H and O–H groups in total. The van der Waals surface area contributed by atoms with Crippen molar-refractivity contribution in [3.05, 3.63) is 53.3 Å². The summed E-state index contributed by atoms with van der Waals surface area (Å²) in [6.07, 6.45) is 1.88. The number of nitrogens with one attached hydrogen (secondary N) is 1. The van der Waals surface area contributed by atoms with E-state index in [1.54, 1.807) is 16.8 Å². The van der Waals surface area contributed by atoms with Gasteiger partial charge < -0.3 is 10.4 Å². The second-order valence-corrected chi connectivity index (χ2v) is 4.05. The molecule has 1 aromatic heterocycles. The molecular weight excluding hydrogens is 230 g/mol. The molecule has 1 heterocycles. The molecule has 0 atom stereocenters. The first-order valence-electron chi connectivity index (χ1n) is 5.67. The van der Waals surface area contributed by atoms with Crippen molar-refractivity contribution >= 4 is 5.97 Å². The Morgan fingerprint density at radius 2 is 2.11 bits per heavy atom. The lowest BCUT2D eigenvalue weighted by Crippen LogP contribution is -2.15. The maximum atomic E-state index is 11.0. The summed E-state index contributed by atoms with van der Waals surface area (Å²) in [7, 11) is 1.86. The van der Waals surface area contributed by atoms with Gasteiger partial charge in [0.1, 0.15) is 0 Å². The molecule has 0 aliphatic carbocycles. The second-order valence-electron chi connectivity index (χ2n) is 4.05. The maximum absolute atomic E-state index is 11.0. The van der Waals surface area contributed by atoms with Crippen LogP contribution >= 0.6 is 0 Å². The number of hydrogen-bond donors (Lipinski definition) is 2. The summed E-state index contributed by atoms with van der Waals surface area (Å²) < 4.78 is 1.74. The molecule has 5 nitrogen and oxygen atoms in total. The average Bonchev–Trinajstić information content (AvgIpc) is 2.75. The van der Waals surface area contributed by atoms with Crippen LogP contribution in [0, 0.1) is 0 Å². The zero-order valence-corrected chi connectivity index (χ0v) is 10.1. The number of aromatic carboxylic acids is 1. The minimum Gasteiger partial charge on any atom is -0.478 e. The largest absolute Gasteiger partial charge is 0.478 e. The van der Waals surface area contributed by atoms with Crippen LogP contribution in [0.4, 0.5) is 0 Å². The molecule has 5 heteroatoms. The highest BCUT2D eigenvalue weighted by Gasteiger charge is 2.08. The molecule has 0 saturated heterocycles. The molecule has 0 amide bonds. The van der Waals surface area contributed by atoms with Crippen LogP contribution in [0.1, 0.15) is 21.6 Å². The van der Waals surface area contributed by atoms with Crippen LogP contribution in [0.15, 0.2) is 36.5 Å². The van der Waals surface area contributed by atoms with E-state index in [1.807, 2.05) is 31.4 Å². The van der Waals surface area contributed by atoms with Gasteiger partial charge in [-0.1, -0.05) is 18.2 Å². The maximum Gasteiger partial charge on any atom is 0.336 e. The highest BCUT2D eigenvalue weighted by molar-refractivity contribution is 5.89. The summed E-state index contributed by atoms with van der Waals surface area (Å²) in [5.41, 5.74) is 2.05. The van der Waals surface area contributed by atoms with Crippen LogP contribution in [0.3, 0.4) is 0 Å². The molecule has 2 aromatic rings. The number of nitrogens with zero attached hydrogens (tertiary/aromatic N) is 2. The van der Waals surface area contributed by atoms with Gasteiger partial charge in [0.05, 0.1) is 11.3 Å². The average molecular weight is 245 g/mol. The lowest BCUT2D eigenvalue weighted by molar-refractivity contribution is 0.0695. The Morgan fingerprint density at radius 3 is 2.78 bits per heavy atom. The molecule has 18 heavy (non-hydrogen) atoms. The first-order valence-corrected chi connectivity index (χ1v) is 5.67. The zero-order valence-electron chi connectivity index (χ0n) is 10.1. The molecule has 2 rings (SSSR count). The number of benzene rings is 1. The van der Waals surface area contributed by atoms with E-state index >= 15 is 0 Å².